The lowest BCUT2D eigenvalue weighted by atomic mass is 10.1. The number of aromatic nitrogens is 4. The van der Waals surface area contributed by atoms with Crippen molar-refractivity contribution >= 4 is 5.91 Å². The third-order valence-electron chi connectivity index (χ3n) is 3.80. The fraction of sp³-hybridized carbons (Fsp3) is 0.222. The second-order valence-corrected chi connectivity index (χ2v) is 5.89. The van der Waals surface area contributed by atoms with E-state index in [9.17, 15) is 9.18 Å². The van der Waals surface area contributed by atoms with Gasteiger partial charge >= 0.3 is 0 Å². The van der Waals surface area contributed by atoms with Gasteiger partial charge in [-0.2, -0.15) is 4.80 Å². The summed E-state index contributed by atoms with van der Waals surface area (Å²) < 4.78 is 13.0. The molecule has 0 radical (unpaired) electrons. The first-order valence-electron chi connectivity index (χ1n) is 7.84. The van der Waals surface area contributed by atoms with Gasteiger partial charge in [0.25, 0.3) is 0 Å². The van der Waals surface area contributed by atoms with E-state index in [4.69, 9.17) is 0 Å². The minimum absolute atomic E-state index is 0.00342. The molecule has 0 saturated carbocycles. The Morgan fingerprint density at radius 2 is 1.80 bits per heavy atom. The zero-order chi connectivity index (χ0) is 17.8. The molecule has 0 fully saturated rings. The van der Waals surface area contributed by atoms with Crippen LogP contribution < -0.4 is 0 Å². The van der Waals surface area contributed by atoms with Crippen LogP contribution in [-0.4, -0.2) is 38.1 Å². The molecule has 0 N–H and O–H groups in total. The second kappa shape index (κ2) is 7.21. The Kier molecular flexibility index (Phi) is 4.83. The molecule has 25 heavy (non-hydrogen) atoms. The zero-order valence-electron chi connectivity index (χ0n) is 14.1. The number of hydrogen-bond acceptors (Lipinski definition) is 4. The maximum absolute atomic E-state index is 13.0. The Hall–Kier alpha value is -3.09. The van der Waals surface area contributed by atoms with Crippen LogP contribution in [0.4, 0.5) is 4.39 Å². The first kappa shape index (κ1) is 16.8. The minimum atomic E-state index is -0.330. The molecule has 1 heterocycles. The molecule has 0 spiro atoms. The van der Waals surface area contributed by atoms with Crippen molar-refractivity contribution < 1.29 is 9.18 Å². The molecule has 0 bridgehead atoms. The Morgan fingerprint density at radius 3 is 2.48 bits per heavy atom. The lowest BCUT2D eigenvalue weighted by Crippen LogP contribution is -2.30. The van der Waals surface area contributed by atoms with Crippen LogP contribution in [-0.2, 0) is 17.9 Å². The fourth-order valence-corrected chi connectivity index (χ4v) is 2.32. The summed E-state index contributed by atoms with van der Waals surface area (Å²) in [7, 11) is 1.74. The van der Waals surface area contributed by atoms with Crippen molar-refractivity contribution in [3.8, 4) is 11.4 Å². The van der Waals surface area contributed by atoms with E-state index in [0.29, 0.717) is 17.9 Å². The van der Waals surface area contributed by atoms with Gasteiger partial charge in [0.1, 0.15) is 12.4 Å². The third kappa shape index (κ3) is 4.26. The van der Waals surface area contributed by atoms with E-state index in [1.54, 1.807) is 24.1 Å². The maximum atomic E-state index is 13.0. The van der Waals surface area contributed by atoms with Crippen LogP contribution in [0.2, 0.25) is 0 Å². The summed E-state index contributed by atoms with van der Waals surface area (Å²) in [6, 6.07) is 13.8. The third-order valence-corrected chi connectivity index (χ3v) is 3.80. The highest BCUT2D eigenvalue weighted by molar-refractivity contribution is 5.75. The van der Waals surface area contributed by atoms with E-state index in [1.165, 1.54) is 22.5 Å². The molecule has 1 aromatic heterocycles. The topological polar surface area (TPSA) is 63.9 Å². The number of halogens is 1. The summed E-state index contributed by atoms with van der Waals surface area (Å²) in [5, 5.41) is 12.0. The molecular weight excluding hydrogens is 321 g/mol. The van der Waals surface area contributed by atoms with E-state index < -0.39 is 0 Å². The number of rotatable bonds is 5. The summed E-state index contributed by atoms with van der Waals surface area (Å²) in [5.74, 6) is -0.0957. The van der Waals surface area contributed by atoms with Crippen molar-refractivity contribution in [3.05, 3.63) is 65.5 Å². The molecule has 0 aliphatic heterocycles. The van der Waals surface area contributed by atoms with Crippen LogP contribution in [0.5, 0.6) is 0 Å². The van der Waals surface area contributed by atoms with Gasteiger partial charge in [-0.25, -0.2) is 4.39 Å². The number of carbonyl (C=O) groups excluding carboxylic acids is 1. The van der Waals surface area contributed by atoms with Crippen molar-refractivity contribution in [1.29, 1.82) is 0 Å². The highest BCUT2D eigenvalue weighted by Crippen LogP contribution is 2.13. The monoisotopic (exact) mass is 339 g/mol. The van der Waals surface area contributed by atoms with E-state index in [0.717, 1.165) is 5.56 Å². The smallest absolute Gasteiger partial charge is 0.246 e. The van der Waals surface area contributed by atoms with Crippen molar-refractivity contribution in [2.45, 2.75) is 20.0 Å². The molecule has 3 aromatic rings. The molecule has 0 atom stereocenters. The second-order valence-electron chi connectivity index (χ2n) is 5.89. The van der Waals surface area contributed by atoms with Crippen LogP contribution in [0.1, 0.15) is 11.1 Å². The Balaban J connectivity index is 1.62. The summed E-state index contributed by atoms with van der Waals surface area (Å²) in [4.78, 5) is 15.2. The average Bonchev–Trinajstić information content (AvgIpc) is 3.06. The van der Waals surface area contributed by atoms with Gasteiger partial charge in [0, 0.05) is 19.2 Å². The fourth-order valence-electron chi connectivity index (χ4n) is 2.32. The van der Waals surface area contributed by atoms with Gasteiger partial charge in [-0.15, -0.1) is 10.2 Å². The largest absolute Gasteiger partial charge is 0.340 e. The SMILES string of the molecule is Cc1ccc(CN(C)C(=O)Cn2nnc(-c3ccc(F)cc3)n2)cc1. The molecule has 0 aliphatic carbocycles. The number of likely N-dealkylation sites (N-methyl/N-ethyl adjacent to an activating group) is 1. The standard InChI is InChI=1S/C18H18FN5O/c1-13-3-5-14(6-4-13)11-23(2)17(25)12-24-21-18(20-22-24)15-7-9-16(19)10-8-15/h3-10H,11-12H2,1-2H3. The number of benzene rings is 2. The quantitative estimate of drug-likeness (QED) is 0.716. The molecule has 6 nitrogen and oxygen atoms in total. The number of aryl methyl sites for hydroxylation is 1. The first-order valence-corrected chi connectivity index (χ1v) is 7.84. The molecule has 1 amide bonds. The Morgan fingerprint density at radius 1 is 1.12 bits per heavy atom. The normalized spacial score (nSPS) is 10.7. The average molecular weight is 339 g/mol. The Labute approximate surface area is 144 Å². The number of amides is 1. The molecule has 3 rings (SSSR count). The van der Waals surface area contributed by atoms with Gasteiger partial charge < -0.3 is 4.90 Å². The summed E-state index contributed by atoms with van der Waals surface area (Å²) in [5.41, 5.74) is 2.88. The number of nitrogens with zero attached hydrogens (tertiary/aromatic N) is 5. The molecule has 0 aliphatic rings. The van der Waals surface area contributed by atoms with Gasteiger partial charge in [-0.3, -0.25) is 4.79 Å². The van der Waals surface area contributed by atoms with E-state index >= 15 is 0 Å². The van der Waals surface area contributed by atoms with E-state index in [-0.39, 0.29) is 18.3 Å². The lowest BCUT2D eigenvalue weighted by Gasteiger charge is -2.16. The highest BCUT2D eigenvalue weighted by atomic mass is 19.1. The van der Waals surface area contributed by atoms with Crippen LogP contribution in [0.3, 0.4) is 0 Å². The van der Waals surface area contributed by atoms with Gasteiger partial charge in [0.15, 0.2) is 0 Å². The molecular formula is C18H18FN5O. The summed E-state index contributed by atoms with van der Waals surface area (Å²) in [6.07, 6.45) is 0. The van der Waals surface area contributed by atoms with Gasteiger partial charge in [-0.05, 0) is 42.0 Å². The van der Waals surface area contributed by atoms with Gasteiger partial charge in [0.05, 0.1) is 0 Å². The zero-order valence-corrected chi connectivity index (χ0v) is 14.1. The van der Waals surface area contributed by atoms with Crippen molar-refractivity contribution in [2.24, 2.45) is 0 Å². The first-order chi connectivity index (χ1) is 12.0. The van der Waals surface area contributed by atoms with Crippen molar-refractivity contribution in [1.82, 2.24) is 25.1 Å². The predicted octanol–water partition coefficient (Wildman–Crippen LogP) is 2.45. The molecule has 0 saturated heterocycles. The molecule has 2 aromatic carbocycles. The van der Waals surface area contributed by atoms with E-state index in [2.05, 4.69) is 15.4 Å². The molecule has 7 heteroatoms. The van der Waals surface area contributed by atoms with Crippen LogP contribution in [0.25, 0.3) is 11.4 Å². The summed E-state index contributed by atoms with van der Waals surface area (Å²) >= 11 is 0. The van der Waals surface area contributed by atoms with Crippen LogP contribution in [0, 0.1) is 12.7 Å². The highest BCUT2D eigenvalue weighted by Gasteiger charge is 2.13. The molecule has 128 valence electrons. The van der Waals surface area contributed by atoms with E-state index in [1.807, 2.05) is 31.2 Å². The van der Waals surface area contributed by atoms with Gasteiger partial charge in [-0.1, -0.05) is 29.8 Å². The number of carbonyl (C=O) groups is 1. The number of hydrogen-bond donors (Lipinski definition) is 0. The van der Waals surface area contributed by atoms with Crippen LogP contribution >= 0.6 is 0 Å². The van der Waals surface area contributed by atoms with Gasteiger partial charge in [0.2, 0.25) is 11.7 Å². The number of tetrazole rings is 1. The summed E-state index contributed by atoms with van der Waals surface area (Å²) in [6.45, 7) is 2.53. The maximum Gasteiger partial charge on any atom is 0.246 e. The van der Waals surface area contributed by atoms with Crippen molar-refractivity contribution in [2.75, 3.05) is 7.05 Å². The lowest BCUT2D eigenvalue weighted by molar-refractivity contribution is -0.131. The minimum Gasteiger partial charge on any atom is -0.340 e. The van der Waals surface area contributed by atoms with Crippen LogP contribution in [0.15, 0.2) is 48.5 Å². The Bertz CT molecular complexity index is 858. The molecule has 0 unspecified atom stereocenters. The van der Waals surface area contributed by atoms with Crippen molar-refractivity contribution in [3.63, 3.8) is 0 Å². The predicted molar refractivity (Wildman–Crippen MR) is 90.9 cm³/mol.